The van der Waals surface area contributed by atoms with E-state index in [1.165, 1.54) is 24.3 Å². The minimum absolute atomic E-state index is 0.123. The molecule has 3 rings (SSSR count). The molecule has 126 valence electrons. The Morgan fingerprint density at radius 2 is 1.68 bits per heavy atom. The zero-order valence-electron chi connectivity index (χ0n) is 13.6. The van der Waals surface area contributed by atoms with Gasteiger partial charge < -0.3 is 4.74 Å². The maximum absolute atomic E-state index is 14.4. The van der Waals surface area contributed by atoms with Gasteiger partial charge in [0.05, 0.1) is 5.92 Å². The van der Waals surface area contributed by atoms with Crippen molar-refractivity contribution in [1.29, 1.82) is 0 Å². The number of ether oxygens (including phenoxy) is 1. The lowest BCUT2D eigenvalue weighted by atomic mass is 9.97. The Bertz CT molecular complexity index is 891. The van der Waals surface area contributed by atoms with E-state index >= 15 is 0 Å². The quantitative estimate of drug-likeness (QED) is 0.474. The maximum Gasteiger partial charge on any atom is 0.318 e. The number of hydrogen-bond donors (Lipinski definition) is 0. The number of hydrogen-bond acceptors (Lipinski definition) is 2. The summed E-state index contributed by atoms with van der Waals surface area (Å²) in [6.07, 6.45) is 0. The van der Waals surface area contributed by atoms with Crippen LogP contribution in [-0.4, -0.2) is 5.97 Å². The fourth-order valence-corrected chi connectivity index (χ4v) is 2.52. The smallest absolute Gasteiger partial charge is 0.318 e. The van der Waals surface area contributed by atoms with Crippen molar-refractivity contribution in [2.24, 2.45) is 0 Å². The third-order valence-corrected chi connectivity index (χ3v) is 3.95. The number of carbonyl (C=O) groups is 1. The van der Waals surface area contributed by atoms with Gasteiger partial charge in [0.1, 0.15) is 17.4 Å². The first-order valence-corrected chi connectivity index (χ1v) is 7.87. The lowest BCUT2D eigenvalue weighted by Crippen LogP contribution is -2.16. The van der Waals surface area contributed by atoms with E-state index in [-0.39, 0.29) is 5.75 Å². The molecule has 0 fully saturated rings. The van der Waals surface area contributed by atoms with Crippen LogP contribution in [0.3, 0.4) is 0 Å². The molecule has 0 amide bonds. The Labute approximate surface area is 144 Å². The highest BCUT2D eigenvalue weighted by Gasteiger charge is 2.19. The molecule has 0 radical (unpaired) electrons. The molecule has 2 nitrogen and oxygen atoms in total. The molecule has 0 heterocycles. The van der Waals surface area contributed by atoms with Gasteiger partial charge in [-0.25, -0.2) is 8.78 Å². The van der Waals surface area contributed by atoms with Crippen LogP contribution in [0.15, 0.2) is 72.8 Å². The van der Waals surface area contributed by atoms with Crippen LogP contribution in [0.4, 0.5) is 8.78 Å². The summed E-state index contributed by atoms with van der Waals surface area (Å²) < 4.78 is 32.8. The lowest BCUT2D eigenvalue weighted by molar-refractivity contribution is -0.135. The van der Waals surface area contributed by atoms with Crippen LogP contribution < -0.4 is 4.74 Å². The molecular formula is C21H16F2O2. The second-order valence-electron chi connectivity index (χ2n) is 5.71. The van der Waals surface area contributed by atoms with Crippen molar-refractivity contribution in [2.45, 2.75) is 12.8 Å². The Hall–Kier alpha value is -3.01. The number of benzene rings is 3. The molecule has 0 saturated heterocycles. The second-order valence-corrected chi connectivity index (χ2v) is 5.71. The molecule has 0 N–H and O–H groups in total. The Morgan fingerprint density at radius 1 is 0.920 bits per heavy atom. The van der Waals surface area contributed by atoms with E-state index in [1.54, 1.807) is 19.1 Å². The molecule has 0 spiro atoms. The van der Waals surface area contributed by atoms with Gasteiger partial charge in [-0.15, -0.1) is 0 Å². The second kappa shape index (κ2) is 7.26. The van der Waals surface area contributed by atoms with E-state index in [0.29, 0.717) is 11.1 Å². The molecule has 0 aliphatic carbocycles. The predicted octanol–water partition coefficient (Wildman–Crippen LogP) is 5.34. The maximum atomic E-state index is 14.4. The van der Waals surface area contributed by atoms with Crippen molar-refractivity contribution < 1.29 is 18.3 Å². The van der Waals surface area contributed by atoms with Gasteiger partial charge in [0, 0.05) is 11.6 Å². The lowest BCUT2D eigenvalue weighted by Gasteiger charge is -2.13. The van der Waals surface area contributed by atoms with E-state index in [0.717, 1.165) is 11.6 Å². The van der Waals surface area contributed by atoms with E-state index < -0.39 is 23.5 Å². The highest BCUT2D eigenvalue weighted by molar-refractivity contribution is 5.80. The third kappa shape index (κ3) is 3.91. The van der Waals surface area contributed by atoms with Crippen molar-refractivity contribution in [2.75, 3.05) is 0 Å². The summed E-state index contributed by atoms with van der Waals surface area (Å²) in [4.78, 5) is 12.2. The molecule has 3 aromatic rings. The monoisotopic (exact) mass is 338 g/mol. The number of esters is 1. The van der Waals surface area contributed by atoms with Gasteiger partial charge in [-0.2, -0.15) is 0 Å². The topological polar surface area (TPSA) is 26.3 Å². The third-order valence-electron chi connectivity index (χ3n) is 3.95. The van der Waals surface area contributed by atoms with Gasteiger partial charge in [-0.05, 0) is 36.2 Å². The molecule has 25 heavy (non-hydrogen) atoms. The molecule has 0 saturated carbocycles. The van der Waals surface area contributed by atoms with Crippen LogP contribution in [0.25, 0.3) is 11.1 Å². The summed E-state index contributed by atoms with van der Waals surface area (Å²) >= 11 is 0. The molecular weight excluding hydrogens is 322 g/mol. The van der Waals surface area contributed by atoms with E-state index in [2.05, 4.69) is 0 Å². The average Bonchev–Trinajstić information content (AvgIpc) is 2.61. The standard InChI is InChI=1S/C21H16F2O2/c1-14(21(24)25-18-9-5-8-17(22)13-18)16-10-11-19(20(23)12-16)15-6-3-2-4-7-15/h2-14H,1H3/t14-/m1/s1. The highest BCUT2D eigenvalue weighted by Crippen LogP contribution is 2.27. The minimum Gasteiger partial charge on any atom is -0.426 e. The first kappa shape index (κ1) is 16.8. The van der Waals surface area contributed by atoms with Gasteiger partial charge >= 0.3 is 5.97 Å². The van der Waals surface area contributed by atoms with E-state index in [4.69, 9.17) is 4.74 Å². The fraction of sp³-hybridized carbons (Fsp3) is 0.0952. The van der Waals surface area contributed by atoms with Crippen molar-refractivity contribution in [1.82, 2.24) is 0 Å². The summed E-state index contributed by atoms with van der Waals surface area (Å²) in [6, 6.07) is 19.2. The van der Waals surface area contributed by atoms with Gasteiger partial charge in [0.25, 0.3) is 0 Å². The molecule has 0 aliphatic rings. The Kier molecular flexibility index (Phi) is 4.89. The van der Waals surface area contributed by atoms with Crippen molar-refractivity contribution >= 4 is 5.97 Å². The van der Waals surface area contributed by atoms with Crippen LogP contribution in [0.1, 0.15) is 18.4 Å². The summed E-state index contributed by atoms with van der Waals surface area (Å²) in [7, 11) is 0. The molecule has 0 unspecified atom stereocenters. The van der Waals surface area contributed by atoms with E-state index in [1.807, 2.05) is 30.3 Å². The Balaban J connectivity index is 1.79. The highest BCUT2D eigenvalue weighted by atomic mass is 19.1. The molecule has 0 aromatic heterocycles. The number of carbonyl (C=O) groups excluding carboxylic acids is 1. The molecule has 1 atom stereocenters. The fourth-order valence-electron chi connectivity index (χ4n) is 2.52. The van der Waals surface area contributed by atoms with Crippen molar-refractivity contribution in [3.8, 4) is 16.9 Å². The summed E-state index contributed by atoms with van der Waals surface area (Å²) in [5, 5.41) is 0. The number of rotatable bonds is 4. The molecule has 4 heteroatoms. The van der Waals surface area contributed by atoms with Crippen LogP contribution in [0, 0.1) is 11.6 Å². The summed E-state index contributed by atoms with van der Waals surface area (Å²) in [6.45, 7) is 1.62. The summed E-state index contributed by atoms with van der Waals surface area (Å²) in [5.41, 5.74) is 1.73. The van der Waals surface area contributed by atoms with Crippen molar-refractivity contribution in [3.05, 3.63) is 90.0 Å². The van der Waals surface area contributed by atoms with Crippen LogP contribution in [0.2, 0.25) is 0 Å². The zero-order chi connectivity index (χ0) is 17.8. The SMILES string of the molecule is C[C@@H](C(=O)Oc1cccc(F)c1)c1ccc(-c2ccccc2)c(F)c1. The van der Waals surface area contributed by atoms with Gasteiger partial charge in [-0.1, -0.05) is 48.5 Å². The number of halogens is 2. The molecule has 3 aromatic carbocycles. The van der Waals surface area contributed by atoms with Crippen molar-refractivity contribution in [3.63, 3.8) is 0 Å². The molecule has 0 bridgehead atoms. The first-order chi connectivity index (χ1) is 12.0. The van der Waals surface area contributed by atoms with Crippen LogP contribution >= 0.6 is 0 Å². The molecule has 0 aliphatic heterocycles. The first-order valence-electron chi connectivity index (χ1n) is 7.87. The summed E-state index contributed by atoms with van der Waals surface area (Å²) in [5.74, 6) is -2.02. The van der Waals surface area contributed by atoms with Crippen LogP contribution in [0.5, 0.6) is 5.75 Å². The van der Waals surface area contributed by atoms with Crippen LogP contribution in [-0.2, 0) is 4.79 Å². The average molecular weight is 338 g/mol. The predicted molar refractivity (Wildman–Crippen MR) is 92.3 cm³/mol. The minimum atomic E-state index is -0.678. The van der Waals surface area contributed by atoms with Gasteiger partial charge in [0.15, 0.2) is 0 Å². The zero-order valence-corrected chi connectivity index (χ0v) is 13.6. The van der Waals surface area contributed by atoms with Gasteiger partial charge in [-0.3, -0.25) is 4.79 Å². The normalized spacial score (nSPS) is 11.8. The van der Waals surface area contributed by atoms with E-state index in [9.17, 15) is 13.6 Å². The largest absolute Gasteiger partial charge is 0.426 e. The Morgan fingerprint density at radius 3 is 2.36 bits per heavy atom. The van der Waals surface area contributed by atoms with Gasteiger partial charge in [0.2, 0.25) is 0 Å².